The summed E-state index contributed by atoms with van der Waals surface area (Å²) in [4.78, 5) is 27.3. The lowest BCUT2D eigenvalue weighted by atomic mass is 10.3. The van der Waals surface area contributed by atoms with Gasteiger partial charge in [0.05, 0.1) is 4.92 Å². The molecular formula is C4H3N6O6-. The summed E-state index contributed by atoms with van der Waals surface area (Å²) >= 11 is 0. The van der Waals surface area contributed by atoms with Crippen LogP contribution < -0.4 is 11.2 Å². The van der Waals surface area contributed by atoms with Gasteiger partial charge >= 0.3 is 11.5 Å². The molecule has 0 saturated heterocycles. The summed E-state index contributed by atoms with van der Waals surface area (Å²) in [6.07, 6.45) is 0. The molecule has 0 radical (unpaired) electrons. The molecule has 0 bridgehead atoms. The highest BCUT2D eigenvalue weighted by Crippen LogP contribution is 2.24. The van der Waals surface area contributed by atoms with Crippen molar-refractivity contribution < 1.29 is 14.8 Å². The van der Waals surface area contributed by atoms with Crippen LogP contribution in [0.5, 0.6) is 0 Å². The van der Waals surface area contributed by atoms with E-state index in [0.717, 1.165) is 0 Å². The van der Waals surface area contributed by atoms with Gasteiger partial charge in [0.25, 0.3) is 5.70 Å². The summed E-state index contributed by atoms with van der Waals surface area (Å²) in [5.74, 6) is -2.25. The Kier molecular flexibility index (Phi) is 2.56. The van der Waals surface area contributed by atoms with Crippen molar-refractivity contribution in [2.75, 3.05) is 0 Å². The van der Waals surface area contributed by atoms with Gasteiger partial charge in [0, 0.05) is 5.82 Å². The van der Waals surface area contributed by atoms with E-state index < -0.39 is 37.8 Å². The SMILES string of the molecule is NC1=C([N+](=O)[O-])C(=C([N+](=O)[O-])[N+](=O)[O-])N[N-]1. The van der Waals surface area contributed by atoms with Crippen molar-refractivity contribution in [3.63, 3.8) is 0 Å². The molecule has 0 unspecified atom stereocenters. The minimum Gasteiger partial charge on any atom is -0.488 e. The molecule has 1 heterocycles. The number of nitro groups is 3. The fraction of sp³-hybridized carbons (Fsp3) is 0. The zero-order valence-corrected chi connectivity index (χ0v) is 7.32. The number of nitrogens with zero attached hydrogens (tertiary/aromatic N) is 4. The number of nitrogens with one attached hydrogen (secondary N) is 1. The lowest BCUT2D eigenvalue weighted by Crippen LogP contribution is -2.20. The highest BCUT2D eigenvalue weighted by Gasteiger charge is 2.41. The molecule has 0 saturated carbocycles. The van der Waals surface area contributed by atoms with Crippen LogP contribution in [-0.2, 0) is 0 Å². The van der Waals surface area contributed by atoms with Gasteiger partial charge in [-0.15, -0.1) is 0 Å². The van der Waals surface area contributed by atoms with Gasteiger partial charge in [-0.2, -0.15) is 0 Å². The molecule has 0 aromatic rings. The van der Waals surface area contributed by atoms with Crippen LogP contribution in [0.2, 0.25) is 0 Å². The molecule has 0 atom stereocenters. The predicted molar refractivity (Wildman–Crippen MR) is 45.7 cm³/mol. The van der Waals surface area contributed by atoms with E-state index in [-0.39, 0.29) is 0 Å². The Morgan fingerprint density at radius 3 is 2.06 bits per heavy atom. The maximum absolute atomic E-state index is 10.5. The summed E-state index contributed by atoms with van der Waals surface area (Å²) < 4.78 is 0. The molecule has 0 spiro atoms. The maximum Gasteiger partial charge on any atom is 0.589 e. The van der Waals surface area contributed by atoms with Crippen molar-refractivity contribution in [3.8, 4) is 0 Å². The summed E-state index contributed by atoms with van der Waals surface area (Å²) in [6, 6.07) is 0. The average molecular weight is 231 g/mol. The van der Waals surface area contributed by atoms with Gasteiger partial charge in [-0.3, -0.25) is 30.3 Å². The molecule has 0 aromatic carbocycles. The van der Waals surface area contributed by atoms with Crippen LogP contribution in [0.3, 0.4) is 0 Å². The number of hydrogen-bond donors (Lipinski definition) is 2. The van der Waals surface area contributed by atoms with Crippen LogP contribution in [0, 0.1) is 30.3 Å². The van der Waals surface area contributed by atoms with Gasteiger partial charge in [-0.1, -0.05) is 0 Å². The zero-order valence-electron chi connectivity index (χ0n) is 7.32. The number of nitrogens with two attached hydrogens (primary N) is 1. The molecule has 16 heavy (non-hydrogen) atoms. The molecule has 0 aromatic heterocycles. The molecule has 0 aliphatic carbocycles. The lowest BCUT2D eigenvalue weighted by molar-refractivity contribution is -0.618. The van der Waals surface area contributed by atoms with Gasteiger partial charge in [0.2, 0.25) is 0 Å². The Bertz CT molecular complexity index is 434. The van der Waals surface area contributed by atoms with Crippen LogP contribution in [-0.4, -0.2) is 14.8 Å². The lowest BCUT2D eigenvalue weighted by Gasteiger charge is -2.00. The van der Waals surface area contributed by atoms with Gasteiger partial charge in [0.1, 0.15) is 9.85 Å². The van der Waals surface area contributed by atoms with Gasteiger partial charge in [-0.25, -0.2) is 0 Å². The molecule has 0 amide bonds. The first kappa shape index (κ1) is 11.2. The second-order valence-electron chi connectivity index (χ2n) is 2.43. The second kappa shape index (κ2) is 3.68. The molecule has 1 rings (SSSR count). The Labute approximate surface area is 85.8 Å². The van der Waals surface area contributed by atoms with E-state index in [1.165, 1.54) is 0 Å². The number of hydrogen-bond acceptors (Lipinski definition) is 8. The number of rotatable bonds is 3. The van der Waals surface area contributed by atoms with E-state index in [2.05, 4.69) is 5.43 Å². The van der Waals surface area contributed by atoms with Crippen molar-refractivity contribution in [1.29, 1.82) is 0 Å². The smallest absolute Gasteiger partial charge is 0.488 e. The fourth-order valence-corrected chi connectivity index (χ4v) is 0.940. The van der Waals surface area contributed by atoms with Crippen molar-refractivity contribution in [1.82, 2.24) is 5.43 Å². The van der Waals surface area contributed by atoms with Crippen LogP contribution in [0.4, 0.5) is 0 Å². The van der Waals surface area contributed by atoms with E-state index in [4.69, 9.17) is 5.73 Å². The molecule has 0 fully saturated rings. The van der Waals surface area contributed by atoms with E-state index in [0.29, 0.717) is 0 Å². The van der Waals surface area contributed by atoms with E-state index in [9.17, 15) is 30.3 Å². The average Bonchev–Trinajstić information content (AvgIpc) is 2.46. The quantitative estimate of drug-likeness (QED) is 0.457. The maximum atomic E-state index is 10.5. The van der Waals surface area contributed by atoms with E-state index in [1.807, 2.05) is 0 Å². The van der Waals surface area contributed by atoms with Crippen LogP contribution in [0.1, 0.15) is 0 Å². The zero-order chi connectivity index (χ0) is 12.5. The molecular weight excluding hydrogens is 228 g/mol. The Morgan fingerprint density at radius 1 is 1.19 bits per heavy atom. The third-order valence-electron chi connectivity index (χ3n) is 1.52. The fourth-order valence-electron chi connectivity index (χ4n) is 0.940. The molecule has 3 N–H and O–H groups in total. The van der Waals surface area contributed by atoms with Crippen LogP contribution in [0.25, 0.3) is 5.43 Å². The topological polar surface area (TPSA) is 182 Å². The summed E-state index contributed by atoms with van der Waals surface area (Å²) in [5, 5.41) is 31.1. The molecule has 86 valence electrons. The predicted octanol–water partition coefficient (Wildman–Crippen LogP) is -0.995. The van der Waals surface area contributed by atoms with Crippen molar-refractivity contribution in [2.24, 2.45) is 5.73 Å². The monoisotopic (exact) mass is 231 g/mol. The first-order valence-corrected chi connectivity index (χ1v) is 3.50. The van der Waals surface area contributed by atoms with Crippen molar-refractivity contribution in [2.45, 2.75) is 0 Å². The first-order valence-electron chi connectivity index (χ1n) is 3.50. The van der Waals surface area contributed by atoms with Gasteiger partial charge in [-0.05, 0) is 0 Å². The summed E-state index contributed by atoms with van der Waals surface area (Å²) in [6.45, 7) is 0. The van der Waals surface area contributed by atoms with Crippen molar-refractivity contribution in [3.05, 3.63) is 58.8 Å². The third-order valence-corrected chi connectivity index (χ3v) is 1.52. The summed E-state index contributed by atoms with van der Waals surface area (Å²) in [5.41, 5.74) is 7.98. The summed E-state index contributed by atoms with van der Waals surface area (Å²) in [7, 11) is 0. The Balaban J connectivity index is 3.42. The van der Waals surface area contributed by atoms with Crippen LogP contribution >= 0.6 is 0 Å². The van der Waals surface area contributed by atoms with Gasteiger partial charge in [0.15, 0.2) is 0 Å². The molecule has 1 aliphatic rings. The Hall–Kier alpha value is -2.92. The second-order valence-corrected chi connectivity index (χ2v) is 2.43. The first-order chi connectivity index (χ1) is 7.36. The molecule has 1 aliphatic heterocycles. The highest BCUT2D eigenvalue weighted by molar-refractivity contribution is 5.40. The normalized spacial score (nSPS) is 14.1. The highest BCUT2D eigenvalue weighted by atomic mass is 16.7. The van der Waals surface area contributed by atoms with E-state index >= 15 is 0 Å². The molecule has 12 nitrogen and oxygen atoms in total. The minimum absolute atomic E-state index is 0.666. The third kappa shape index (κ3) is 1.66. The Morgan fingerprint density at radius 2 is 1.69 bits per heavy atom. The van der Waals surface area contributed by atoms with Crippen molar-refractivity contribution >= 4 is 0 Å². The van der Waals surface area contributed by atoms with Gasteiger partial charge < -0.3 is 16.6 Å². The van der Waals surface area contributed by atoms with Crippen LogP contribution in [0.15, 0.2) is 23.0 Å². The standard InChI is InChI=1S/C4H3N6O6/c5-3-2(8(11)12)1(6-7-3)4(9(13)14)10(15)16/h6H,5H2/q-1. The molecule has 12 heteroatoms. The largest absolute Gasteiger partial charge is 0.589 e. The van der Waals surface area contributed by atoms with E-state index in [1.54, 1.807) is 5.43 Å². The minimum atomic E-state index is -1.59.